The van der Waals surface area contributed by atoms with E-state index >= 15 is 0 Å². The van der Waals surface area contributed by atoms with Crippen LogP contribution in [0.15, 0.2) is 6.20 Å². The van der Waals surface area contributed by atoms with Gasteiger partial charge in [-0.3, -0.25) is 4.68 Å². The Balaban J connectivity index is 2.06. The molecule has 0 spiro atoms. The zero-order valence-corrected chi connectivity index (χ0v) is 11.9. The lowest BCUT2D eigenvalue weighted by molar-refractivity contribution is 0.131. The molecule has 1 aliphatic carbocycles. The van der Waals surface area contributed by atoms with Gasteiger partial charge in [-0.2, -0.15) is 5.10 Å². The first-order chi connectivity index (χ1) is 9.74. The summed E-state index contributed by atoms with van der Waals surface area (Å²) >= 11 is 0. The van der Waals surface area contributed by atoms with Gasteiger partial charge in [0, 0.05) is 25.8 Å². The molecule has 0 aromatic carbocycles. The molecule has 0 bridgehead atoms. The monoisotopic (exact) mass is 287 g/mol. The van der Waals surface area contributed by atoms with Crippen LogP contribution >= 0.6 is 0 Å². The Hall–Kier alpha value is -1.01. The summed E-state index contributed by atoms with van der Waals surface area (Å²) in [5.74, 6) is 0. The molecule has 1 aromatic rings. The van der Waals surface area contributed by atoms with Crippen molar-refractivity contribution in [3.8, 4) is 0 Å². The third-order valence-electron chi connectivity index (χ3n) is 3.84. The molecule has 20 heavy (non-hydrogen) atoms. The zero-order chi connectivity index (χ0) is 14.4. The van der Waals surface area contributed by atoms with E-state index in [4.69, 9.17) is 4.74 Å². The number of nitrogens with one attached hydrogen (secondary N) is 1. The molecule has 1 aromatic heterocycles. The van der Waals surface area contributed by atoms with Gasteiger partial charge in [-0.25, -0.2) is 8.78 Å². The second-order valence-corrected chi connectivity index (χ2v) is 5.26. The summed E-state index contributed by atoms with van der Waals surface area (Å²) in [4.78, 5) is 0. The van der Waals surface area contributed by atoms with Crippen molar-refractivity contribution >= 4 is 0 Å². The number of hydrogen-bond acceptors (Lipinski definition) is 3. The lowest BCUT2D eigenvalue weighted by atomic mass is 9.95. The van der Waals surface area contributed by atoms with Gasteiger partial charge >= 0.3 is 0 Å². The first kappa shape index (κ1) is 15.4. The smallest absolute Gasteiger partial charge is 0.280 e. The highest BCUT2D eigenvalue weighted by Crippen LogP contribution is 2.33. The van der Waals surface area contributed by atoms with Gasteiger partial charge in [-0.05, 0) is 12.8 Å². The van der Waals surface area contributed by atoms with E-state index in [9.17, 15) is 8.78 Å². The number of aromatic nitrogens is 2. The maximum absolute atomic E-state index is 13.3. The number of rotatable bonds is 7. The minimum Gasteiger partial charge on any atom is -0.383 e. The molecule has 6 heteroatoms. The molecule has 1 N–H and O–H groups in total. The fourth-order valence-electron chi connectivity index (χ4n) is 2.80. The third-order valence-corrected chi connectivity index (χ3v) is 3.84. The Kier molecular flexibility index (Phi) is 5.91. The van der Waals surface area contributed by atoms with E-state index in [-0.39, 0.29) is 11.7 Å². The Morgan fingerprint density at radius 1 is 1.40 bits per heavy atom. The summed E-state index contributed by atoms with van der Waals surface area (Å²) in [6, 6.07) is 0.139. The molecule has 4 nitrogen and oxygen atoms in total. The number of ether oxygens (including phenoxy) is 1. The predicted octanol–water partition coefficient (Wildman–Crippen LogP) is 3.06. The first-order valence-corrected chi connectivity index (χ1v) is 7.28. The molecule has 1 heterocycles. The molecule has 1 aliphatic rings. The molecule has 114 valence electrons. The van der Waals surface area contributed by atoms with Crippen LogP contribution in [0.5, 0.6) is 0 Å². The minimum absolute atomic E-state index is 0.0850. The van der Waals surface area contributed by atoms with Crippen LogP contribution in [0.2, 0.25) is 0 Å². The average Bonchev–Trinajstić information content (AvgIpc) is 2.88. The SMILES string of the molecule is COCCNCc1cnn(C2CCCCC2)c1C(F)F. The maximum atomic E-state index is 13.3. The van der Waals surface area contributed by atoms with Crippen molar-refractivity contribution in [1.29, 1.82) is 0 Å². The molecular weight excluding hydrogens is 264 g/mol. The predicted molar refractivity (Wildman–Crippen MR) is 72.9 cm³/mol. The molecule has 0 saturated heterocycles. The van der Waals surface area contributed by atoms with Crippen molar-refractivity contribution in [1.82, 2.24) is 15.1 Å². The van der Waals surface area contributed by atoms with Crippen molar-refractivity contribution in [3.63, 3.8) is 0 Å². The van der Waals surface area contributed by atoms with E-state index in [0.29, 0.717) is 25.3 Å². The van der Waals surface area contributed by atoms with Gasteiger partial charge in [0.05, 0.1) is 18.8 Å². The normalized spacial score (nSPS) is 17.0. The third kappa shape index (κ3) is 3.76. The van der Waals surface area contributed by atoms with E-state index in [1.165, 1.54) is 6.42 Å². The van der Waals surface area contributed by atoms with Crippen molar-refractivity contribution in [3.05, 3.63) is 17.5 Å². The number of halogens is 2. The van der Waals surface area contributed by atoms with Crippen molar-refractivity contribution in [2.45, 2.75) is 51.1 Å². The minimum atomic E-state index is -2.47. The second-order valence-electron chi connectivity index (χ2n) is 5.26. The number of methoxy groups -OCH3 is 1. The van der Waals surface area contributed by atoms with Crippen LogP contribution in [0, 0.1) is 0 Å². The molecule has 1 fully saturated rings. The average molecular weight is 287 g/mol. The van der Waals surface area contributed by atoms with Crippen molar-refractivity contribution < 1.29 is 13.5 Å². The topological polar surface area (TPSA) is 39.1 Å². The highest BCUT2D eigenvalue weighted by molar-refractivity contribution is 5.19. The fourth-order valence-corrected chi connectivity index (χ4v) is 2.80. The number of alkyl halides is 2. The molecule has 0 radical (unpaired) electrons. The molecule has 0 amide bonds. The highest BCUT2D eigenvalue weighted by Gasteiger charge is 2.25. The number of hydrogen-bond donors (Lipinski definition) is 1. The largest absolute Gasteiger partial charge is 0.383 e. The lowest BCUT2D eigenvalue weighted by Gasteiger charge is -2.24. The molecule has 0 unspecified atom stereocenters. The van der Waals surface area contributed by atoms with Crippen LogP contribution in [-0.2, 0) is 11.3 Å². The Labute approximate surface area is 118 Å². The van der Waals surface area contributed by atoms with Gasteiger partial charge in [0.1, 0.15) is 5.69 Å². The van der Waals surface area contributed by atoms with Gasteiger partial charge in [0.15, 0.2) is 0 Å². The molecule has 2 rings (SSSR count). The Morgan fingerprint density at radius 2 is 2.15 bits per heavy atom. The summed E-state index contributed by atoms with van der Waals surface area (Å²) in [6.45, 7) is 1.63. The van der Waals surface area contributed by atoms with Crippen LogP contribution in [0.1, 0.15) is 55.8 Å². The first-order valence-electron chi connectivity index (χ1n) is 7.28. The van der Waals surface area contributed by atoms with Gasteiger partial charge < -0.3 is 10.1 Å². The maximum Gasteiger partial charge on any atom is 0.280 e. The Bertz CT molecular complexity index is 403. The van der Waals surface area contributed by atoms with Crippen molar-refractivity contribution in [2.24, 2.45) is 0 Å². The van der Waals surface area contributed by atoms with Crippen LogP contribution in [-0.4, -0.2) is 30.0 Å². The summed E-state index contributed by atoms with van der Waals surface area (Å²) in [7, 11) is 1.62. The standard InChI is InChI=1S/C14H23F2N3O/c1-20-8-7-17-9-11-10-18-19(13(11)14(15)16)12-5-3-2-4-6-12/h10,12,14,17H,2-9H2,1H3. The van der Waals surface area contributed by atoms with E-state index < -0.39 is 6.43 Å². The van der Waals surface area contributed by atoms with Crippen LogP contribution in [0.3, 0.4) is 0 Å². The van der Waals surface area contributed by atoms with Gasteiger partial charge in [0.2, 0.25) is 0 Å². The van der Waals surface area contributed by atoms with Crippen LogP contribution < -0.4 is 5.32 Å². The second kappa shape index (κ2) is 7.69. The summed E-state index contributed by atoms with van der Waals surface area (Å²) in [5, 5.41) is 7.33. The van der Waals surface area contributed by atoms with E-state index in [2.05, 4.69) is 10.4 Å². The summed E-state index contributed by atoms with van der Waals surface area (Å²) < 4.78 is 33.2. The number of nitrogens with zero attached hydrogens (tertiary/aromatic N) is 2. The molecule has 0 atom stereocenters. The summed E-state index contributed by atoms with van der Waals surface area (Å²) in [6.07, 6.45) is 4.43. The molecular formula is C14H23F2N3O. The quantitative estimate of drug-likeness (QED) is 0.783. The van der Waals surface area contributed by atoms with Crippen molar-refractivity contribution in [2.75, 3.05) is 20.3 Å². The van der Waals surface area contributed by atoms with E-state index in [0.717, 1.165) is 25.7 Å². The van der Waals surface area contributed by atoms with Crippen LogP contribution in [0.25, 0.3) is 0 Å². The zero-order valence-electron chi connectivity index (χ0n) is 11.9. The van der Waals surface area contributed by atoms with E-state index in [1.54, 1.807) is 18.0 Å². The Morgan fingerprint density at radius 3 is 2.80 bits per heavy atom. The highest BCUT2D eigenvalue weighted by atomic mass is 19.3. The summed E-state index contributed by atoms with van der Waals surface area (Å²) in [5.41, 5.74) is 0.684. The lowest BCUT2D eigenvalue weighted by Crippen LogP contribution is -2.21. The van der Waals surface area contributed by atoms with Gasteiger partial charge in [-0.15, -0.1) is 0 Å². The molecule has 1 saturated carbocycles. The van der Waals surface area contributed by atoms with E-state index in [1.807, 2.05) is 0 Å². The van der Waals surface area contributed by atoms with Crippen LogP contribution in [0.4, 0.5) is 8.78 Å². The van der Waals surface area contributed by atoms with Gasteiger partial charge in [-0.1, -0.05) is 19.3 Å². The van der Waals surface area contributed by atoms with Gasteiger partial charge in [0.25, 0.3) is 6.43 Å². The molecule has 0 aliphatic heterocycles. The fraction of sp³-hybridized carbons (Fsp3) is 0.786.